The van der Waals surface area contributed by atoms with Crippen molar-refractivity contribution in [1.29, 1.82) is 0 Å². The molecular formula is C45H32Cl2F2N2O4. The smallest absolute Gasteiger partial charge is 0.338 e. The normalized spacial score (nSPS) is 11.0. The number of aromatic nitrogens is 2. The maximum absolute atomic E-state index is 13.2. The Hall–Kier alpha value is -6.22. The number of methoxy groups -OCH3 is 1. The number of benzene rings is 6. The van der Waals surface area contributed by atoms with Crippen LogP contribution >= 0.6 is 23.2 Å². The van der Waals surface area contributed by atoms with Crippen molar-refractivity contribution in [3.05, 3.63) is 201 Å². The fourth-order valence-electron chi connectivity index (χ4n) is 6.60. The summed E-state index contributed by atoms with van der Waals surface area (Å²) in [7, 11) is 1.36. The first kappa shape index (κ1) is 37.1. The minimum atomic E-state index is -0.990. The van der Waals surface area contributed by atoms with E-state index in [2.05, 4.69) is 6.07 Å². The van der Waals surface area contributed by atoms with Crippen molar-refractivity contribution in [2.45, 2.75) is 12.8 Å². The Morgan fingerprint density at radius 1 is 0.582 bits per heavy atom. The number of hydrogen-bond donors (Lipinski definition) is 1. The highest BCUT2D eigenvalue weighted by Crippen LogP contribution is 2.27. The Kier molecular flexibility index (Phi) is 10.8. The van der Waals surface area contributed by atoms with Crippen molar-refractivity contribution in [3.8, 4) is 11.4 Å². The first-order chi connectivity index (χ1) is 26.6. The Labute approximate surface area is 325 Å². The second kappa shape index (κ2) is 16.0. The predicted octanol–water partition coefficient (Wildman–Crippen LogP) is 11.5. The van der Waals surface area contributed by atoms with E-state index in [0.717, 1.165) is 49.9 Å². The minimum absolute atomic E-state index is 0.214. The van der Waals surface area contributed by atoms with Crippen LogP contribution in [0.15, 0.2) is 146 Å². The number of ether oxygens (including phenoxy) is 1. The van der Waals surface area contributed by atoms with Crippen molar-refractivity contribution in [2.24, 2.45) is 0 Å². The van der Waals surface area contributed by atoms with Gasteiger partial charge < -0.3 is 19.0 Å². The molecule has 0 aliphatic carbocycles. The van der Waals surface area contributed by atoms with Crippen LogP contribution in [0.1, 0.15) is 43.0 Å². The van der Waals surface area contributed by atoms with Gasteiger partial charge >= 0.3 is 11.9 Å². The molecular weight excluding hydrogens is 741 g/mol. The monoisotopic (exact) mass is 772 g/mol. The molecule has 1 N–H and O–H groups in total. The van der Waals surface area contributed by atoms with Gasteiger partial charge in [-0.05, 0) is 144 Å². The first-order valence-corrected chi connectivity index (χ1v) is 17.9. The van der Waals surface area contributed by atoms with Crippen LogP contribution in [0.25, 0.3) is 33.2 Å². The minimum Gasteiger partial charge on any atom is -0.478 e. The molecule has 6 nitrogen and oxygen atoms in total. The summed E-state index contributed by atoms with van der Waals surface area (Å²) in [5, 5.41) is 12.4. The number of halogens is 4. The third-order valence-electron chi connectivity index (χ3n) is 9.29. The third-order valence-corrected chi connectivity index (χ3v) is 9.76. The molecule has 2 heterocycles. The predicted molar refractivity (Wildman–Crippen MR) is 213 cm³/mol. The van der Waals surface area contributed by atoms with Crippen molar-refractivity contribution < 1.29 is 28.2 Å². The molecule has 274 valence electrons. The molecule has 0 saturated carbocycles. The maximum atomic E-state index is 13.2. The number of carboxylic acids is 1. The summed E-state index contributed by atoms with van der Waals surface area (Å²) < 4.78 is 35.2. The molecule has 0 saturated heterocycles. The molecule has 8 aromatic rings. The van der Waals surface area contributed by atoms with Crippen LogP contribution in [0.4, 0.5) is 8.78 Å². The van der Waals surface area contributed by atoms with Gasteiger partial charge in [0, 0.05) is 44.6 Å². The summed E-state index contributed by atoms with van der Waals surface area (Å²) in [5.41, 5.74) is 8.13. The molecule has 6 aromatic carbocycles. The number of fused-ring (bicyclic) bond motifs is 2. The number of rotatable bonds is 8. The van der Waals surface area contributed by atoms with Gasteiger partial charge in [0.2, 0.25) is 0 Å². The standard InChI is InChI=1S/C23H17ClFNO2.C22H15ClFNO2/c1-28-23(27)21-14-18(24)4-3-16(21)12-15-2-9-22-17(13-15)10-11-26(22)20-7-5-19(25)6-8-20;23-17-3-2-15(20(13-17)22(26)27)11-14-1-8-21-16(12-14)9-10-25(21)19-6-4-18(24)5-7-19/h2-11,13-14H,12H2,1H3;1-10,12-13H,11H2,(H,26,27). The van der Waals surface area contributed by atoms with Crippen LogP contribution < -0.4 is 0 Å². The molecule has 8 rings (SSSR count). The molecule has 0 fully saturated rings. The van der Waals surface area contributed by atoms with E-state index in [1.54, 1.807) is 48.5 Å². The Bertz CT molecular complexity index is 2690. The van der Waals surface area contributed by atoms with Crippen LogP contribution in [0.5, 0.6) is 0 Å². The zero-order valence-corrected chi connectivity index (χ0v) is 30.9. The van der Waals surface area contributed by atoms with Crippen LogP contribution in [-0.4, -0.2) is 33.3 Å². The molecule has 0 radical (unpaired) electrons. The fourth-order valence-corrected chi connectivity index (χ4v) is 6.95. The van der Waals surface area contributed by atoms with Gasteiger partial charge in [0.25, 0.3) is 0 Å². The van der Waals surface area contributed by atoms with Crippen molar-refractivity contribution in [1.82, 2.24) is 9.13 Å². The Balaban J connectivity index is 0.000000169. The number of carbonyl (C=O) groups is 2. The van der Waals surface area contributed by atoms with E-state index in [1.165, 1.54) is 37.4 Å². The van der Waals surface area contributed by atoms with Gasteiger partial charge in [-0.1, -0.05) is 47.5 Å². The number of esters is 1. The number of carboxylic acid groups (broad SMARTS) is 1. The Morgan fingerprint density at radius 3 is 1.45 bits per heavy atom. The average Bonchev–Trinajstić information content (AvgIpc) is 3.81. The lowest BCUT2D eigenvalue weighted by Crippen LogP contribution is -2.06. The second-order valence-corrected chi connectivity index (χ2v) is 13.7. The molecule has 0 amide bonds. The van der Waals surface area contributed by atoms with Gasteiger partial charge in [-0.3, -0.25) is 0 Å². The SMILES string of the molecule is COC(=O)c1cc(Cl)ccc1Cc1ccc2c(ccn2-c2ccc(F)cc2)c1.O=C(O)c1cc(Cl)ccc1Cc1ccc2c(ccn2-c2ccc(F)cc2)c1. The molecule has 10 heteroatoms. The molecule has 0 unspecified atom stereocenters. The van der Waals surface area contributed by atoms with Crippen LogP contribution in [0.3, 0.4) is 0 Å². The second-order valence-electron chi connectivity index (χ2n) is 12.9. The summed E-state index contributed by atoms with van der Waals surface area (Å²) in [4.78, 5) is 23.5. The highest BCUT2D eigenvalue weighted by Gasteiger charge is 2.15. The van der Waals surface area contributed by atoms with E-state index in [1.807, 2.05) is 70.1 Å². The van der Waals surface area contributed by atoms with E-state index in [0.29, 0.717) is 34.0 Å². The molecule has 2 aromatic heterocycles. The molecule has 0 atom stereocenters. The molecule has 55 heavy (non-hydrogen) atoms. The van der Waals surface area contributed by atoms with E-state index >= 15 is 0 Å². The molecule has 0 aliphatic heterocycles. The van der Waals surface area contributed by atoms with Crippen LogP contribution in [-0.2, 0) is 17.6 Å². The first-order valence-electron chi connectivity index (χ1n) is 17.2. The number of nitrogens with zero attached hydrogens (tertiary/aromatic N) is 2. The third kappa shape index (κ3) is 8.31. The van der Waals surface area contributed by atoms with Gasteiger partial charge in [-0.15, -0.1) is 0 Å². The quantitative estimate of drug-likeness (QED) is 0.156. The van der Waals surface area contributed by atoms with Gasteiger partial charge in [0.1, 0.15) is 11.6 Å². The zero-order valence-electron chi connectivity index (χ0n) is 29.3. The highest BCUT2D eigenvalue weighted by molar-refractivity contribution is 6.31. The van der Waals surface area contributed by atoms with E-state index in [4.69, 9.17) is 27.9 Å². The number of carbonyl (C=O) groups excluding carboxylic acids is 1. The molecule has 0 aliphatic rings. The van der Waals surface area contributed by atoms with Crippen molar-refractivity contribution in [3.63, 3.8) is 0 Å². The van der Waals surface area contributed by atoms with E-state index in [-0.39, 0.29) is 17.2 Å². The number of aromatic carboxylic acids is 1. The van der Waals surface area contributed by atoms with Gasteiger partial charge in [0.05, 0.1) is 29.3 Å². The summed E-state index contributed by atoms with van der Waals surface area (Å²) in [6, 6.07) is 39.1. The molecule has 0 spiro atoms. The Morgan fingerprint density at radius 2 is 1.02 bits per heavy atom. The van der Waals surface area contributed by atoms with Gasteiger partial charge in [0.15, 0.2) is 0 Å². The lowest BCUT2D eigenvalue weighted by molar-refractivity contribution is 0.0598. The average molecular weight is 774 g/mol. The summed E-state index contributed by atoms with van der Waals surface area (Å²) in [5.74, 6) is -1.92. The largest absolute Gasteiger partial charge is 0.478 e. The van der Waals surface area contributed by atoms with Gasteiger partial charge in [-0.25, -0.2) is 18.4 Å². The number of hydrogen-bond acceptors (Lipinski definition) is 3. The van der Waals surface area contributed by atoms with E-state index in [9.17, 15) is 23.5 Å². The summed E-state index contributed by atoms with van der Waals surface area (Å²) in [6.45, 7) is 0. The van der Waals surface area contributed by atoms with Crippen molar-refractivity contribution >= 4 is 56.9 Å². The topological polar surface area (TPSA) is 73.5 Å². The summed E-state index contributed by atoms with van der Waals surface area (Å²) >= 11 is 12.0. The van der Waals surface area contributed by atoms with Crippen LogP contribution in [0.2, 0.25) is 10.0 Å². The van der Waals surface area contributed by atoms with Gasteiger partial charge in [-0.2, -0.15) is 0 Å². The summed E-state index contributed by atoms with van der Waals surface area (Å²) in [6.07, 6.45) is 4.98. The lowest BCUT2D eigenvalue weighted by atomic mass is 9.99. The highest BCUT2D eigenvalue weighted by atomic mass is 35.5. The molecule has 0 bridgehead atoms. The van der Waals surface area contributed by atoms with Crippen molar-refractivity contribution in [2.75, 3.05) is 7.11 Å². The van der Waals surface area contributed by atoms with Crippen LogP contribution in [0, 0.1) is 11.6 Å². The lowest BCUT2D eigenvalue weighted by Gasteiger charge is -2.10. The maximum Gasteiger partial charge on any atom is 0.338 e. The fraction of sp³-hybridized carbons (Fsp3) is 0.0667. The van der Waals surface area contributed by atoms with E-state index < -0.39 is 11.9 Å². The zero-order chi connectivity index (χ0) is 38.6.